The van der Waals surface area contributed by atoms with Crippen molar-refractivity contribution in [2.45, 2.75) is 6.42 Å². The minimum Gasteiger partial charge on any atom is -0.502 e. The van der Waals surface area contributed by atoms with E-state index in [0.717, 1.165) is 0 Å². The standard InChI is InChI=1S/C12H10O5/c1-17-7-3-2-6-4-9(11(14)12(15)16)10(13)8(6)5-7/h2-3,5,14H,4H2,1H3,(H,15,16). The summed E-state index contributed by atoms with van der Waals surface area (Å²) in [6.07, 6.45) is 0.135. The molecule has 1 aromatic carbocycles. The third-order valence-electron chi connectivity index (χ3n) is 2.69. The highest BCUT2D eigenvalue weighted by Crippen LogP contribution is 2.30. The monoisotopic (exact) mass is 234 g/mol. The van der Waals surface area contributed by atoms with Crippen LogP contribution in [0, 0.1) is 0 Å². The smallest absolute Gasteiger partial charge is 0.371 e. The maximum Gasteiger partial charge on any atom is 0.371 e. The third-order valence-corrected chi connectivity index (χ3v) is 2.69. The highest BCUT2D eigenvalue weighted by molar-refractivity contribution is 6.16. The number of aliphatic hydroxyl groups excluding tert-OH is 1. The van der Waals surface area contributed by atoms with Crippen LogP contribution in [0.4, 0.5) is 0 Å². The van der Waals surface area contributed by atoms with Crippen LogP contribution in [0.5, 0.6) is 5.75 Å². The van der Waals surface area contributed by atoms with Crippen molar-refractivity contribution in [3.05, 3.63) is 40.7 Å². The SMILES string of the molecule is COc1ccc2c(c1)C(=O)C(=C(O)C(=O)O)C2. The lowest BCUT2D eigenvalue weighted by Gasteiger charge is -2.01. The summed E-state index contributed by atoms with van der Waals surface area (Å²) in [5.74, 6) is -2.31. The van der Waals surface area contributed by atoms with Gasteiger partial charge >= 0.3 is 5.97 Å². The number of hydrogen-bond acceptors (Lipinski definition) is 4. The van der Waals surface area contributed by atoms with Crippen molar-refractivity contribution < 1.29 is 24.5 Å². The van der Waals surface area contributed by atoms with Crippen LogP contribution in [0.1, 0.15) is 15.9 Å². The van der Waals surface area contributed by atoms with Crippen molar-refractivity contribution in [2.24, 2.45) is 0 Å². The Kier molecular flexibility index (Phi) is 2.59. The molecule has 17 heavy (non-hydrogen) atoms. The predicted molar refractivity (Wildman–Crippen MR) is 58.3 cm³/mol. The van der Waals surface area contributed by atoms with Gasteiger partial charge in [0.25, 0.3) is 0 Å². The van der Waals surface area contributed by atoms with Crippen LogP contribution >= 0.6 is 0 Å². The van der Waals surface area contributed by atoms with E-state index in [1.54, 1.807) is 18.2 Å². The predicted octanol–water partition coefficient (Wildman–Crippen LogP) is 1.33. The lowest BCUT2D eigenvalue weighted by Crippen LogP contribution is -2.08. The number of rotatable bonds is 2. The van der Waals surface area contributed by atoms with Gasteiger partial charge in [-0.05, 0) is 17.7 Å². The summed E-state index contributed by atoms with van der Waals surface area (Å²) in [4.78, 5) is 22.5. The van der Waals surface area contributed by atoms with Crippen LogP contribution in [0.3, 0.4) is 0 Å². The molecule has 5 nitrogen and oxygen atoms in total. The number of carbonyl (C=O) groups excluding carboxylic acids is 1. The highest BCUT2D eigenvalue weighted by atomic mass is 16.5. The second kappa shape index (κ2) is 3.93. The zero-order chi connectivity index (χ0) is 12.6. The first-order valence-corrected chi connectivity index (χ1v) is 4.91. The zero-order valence-corrected chi connectivity index (χ0v) is 9.06. The van der Waals surface area contributed by atoms with Gasteiger partial charge in [0.1, 0.15) is 5.75 Å². The molecule has 1 aliphatic carbocycles. The normalized spacial score (nSPS) is 16.6. The van der Waals surface area contributed by atoms with Gasteiger partial charge in [-0.2, -0.15) is 0 Å². The zero-order valence-electron chi connectivity index (χ0n) is 9.06. The molecule has 0 spiro atoms. The molecule has 1 aromatic rings. The molecular formula is C12H10O5. The number of allylic oxidation sites excluding steroid dienone is 1. The summed E-state index contributed by atoms with van der Waals surface area (Å²) in [6.45, 7) is 0. The minimum absolute atomic E-state index is 0.0826. The van der Waals surface area contributed by atoms with Crippen molar-refractivity contribution in [3.8, 4) is 5.75 Å². The molecule has 0 fully saturated rings. The average Bonchev–Trinajstić information content (AvgIpc) is 2.65. The lowest BCUT2D eigenvalue weighted by atomic mass is 10.1. The number of aliphatic hydroxyl groups is 1. The molecule has 0 aromatic heterocycles. The van der Waals surface area contributed by atoms with E-state index in [4.69, 9.17) is 9.84 Å². The van der Waals surface area contributed by atoms with Gasteiger partial charge in [0.2, 0.25) is 5.76 Å². The molecule has 2 N–H and O–H groups in total. The van der Waals surface area contributed by atoms with Crippen molar-refractivity contribution in [2.75, 3.05) is 7.11 Å². The van der Waals surface area contributed by atoms with Crippen molar-refractivity contribution >= 4 is 11.8 Å². The second-order valence-corrected chi connectivity index (χ2v) is 3.66. The molecule has 0 aliphatic heterocycles. The molecule has 5 heteroatoms. The Bertz CT molecular complexity index is 542. The molecule has 88 valence electrons. The molecule has 0 saturated heterocycles. The number of carbonyl (C=O) groups is 2. The first kappa shape index (κ1) is 11.2. The number of carboxylic acids is 1. The van der Waals surface area contributed by atoms with E-state index in [-0.39, 0.29) is 12.0 Å². The summed E-state index contributed by atoms with van der Waals surface area (Å²) in [5.41, 5.74) is 0.992. The molecule has 0 amide bonds. The lowest BCUT2D eigenvalue weighted by molar-refractivity contribution is -0.135. The van der Waals surface area contributed by atoms with Gasteiger partial charge in [0.05, 0.1) is 12.7 Å². The summed E-state index contributed by atoms with van der Waals surface area (Å²) >= 11 is 0. The molecule has 0 heterocycles. The number of aliphatic carboxylic acids is 1. The molecule has 0 radical (unpaired) electrons. The van der Waals surface area contributed by atoms with Gasteiger partial charge in [0.15, 0.2) is 5.78 Å². The molecule has 0 atom stereocenters. The number of benzene rings is 1. The summed E-state index contributed by atoms with van der Waals surface area (Å²) < 4.78 is 4.98. The van der Waals surface area contributed by atoms with Gasteiger partial charge in [0, 0.05) is 12.0 Å². The number of ketones is 1. The summed E-state index contributed by atoms with van der Waals surface area (Å²) in [5, 5.41) is 18.0. The fourth-order valence-electron chi connectivity index (χ4n) is 1.80. The van der Waals surface area contributed by atoms with E-state index in [1.165, 1.54) is 7.11 Å². The summed E-state index contributed by atoms with van der Waals surface area (Å²) in [7, 11) is 1.48. The molecule has 0 bridgehead atoms. The largest absolute Gasteiger partial charge is 0.502 e. The molecule has 2 rings (SSSR count). The van der Waals surface area contributed by atoms with E-state index >= 15 is 0 Å². The fraction of sp³-hybridized carbons (Fsp3) is 0.167. The van der Waals surface area contributed by atoms with Gasteiger partial charge in [-0.1, -0.05) is 6.07 Å². The quantitative estimate of drug-likeness (QED) is 0.595. The van der Waals surface area contributed by atoms with Crippen LogP contribution in [0.2, 0.25) is 0 Å². The Morgan fingerprint density at radius 2 is 2.06 bits per heavy atom. The number of methoxy groups -OCH3 is 1. The summed E-state index contributed by atoms with van der Waals surface area (Å²) in [6, 6.07) is 4.92. The van der Waals surface area contributed by atoms with Crippen molar-refractivity contribution in [1.29, 1.82) is 0 Å². The molecule has 0 saturated carbocycles. The molecule has 0 unspecified atom stereocenters. The Labute approximate surface area is 97.0 Å². The Hall–Kier alpha value is -2.30. The van der Waals surface area contributed by atoms with Crippen LogP contribution < -0.4 is 4.74 Å². The number of hydrogen-bond donors (Lipinski definition) is 2. The van der Waals surface area contributed by atoms with Crippen LogP contribution in [-0.4, -0.2) is 29.1 Å². The third kappa shape index (κ3) is 1.75. The van der Waals surface area contributed by atoms with E-state index in [2.05, 4.69) is 0 Å². The first-order valence-electron chi connectivity index (χ1n) is 4.91. The van der Waals surface area contributed by atoms with E-state index in [0.29, 0.717) is 16.9 Å². The number of fused-ring (bicyclic) bond motifs is 1. The van der Waals surface area contributed by atoms with E-state index in [1.807, 2.05) is 0 Å². The van der Waals surface area contributed by atoms with Crippen molar-refractivity contribution in [3.63, 3.8) is 0 Å². The topological polar surface area (TPSA) is 83.8 Å². The molecular weight excluding hydrogens is 224 g/mol. The minimum atomic E-state index is -1.49. The second-order valence-electron chi connectivity index (χ2n) is 3.66. The van der Waals surface area contributed by atoms with Crippen LogP contribution in [-0.2, 0) is 11.2 Å². The maximum absolute atomic E-state index is 11.9. The molecule has 1 aliphatic rings. The Morgan fingerprint density at radius 3 is 2.65 bits per heavy atom. The Morgan fingerprint density at radius 1 is 1.35 bits per heavy atom. The maximum atomic E-state index is 11.9. The van der Waals surface area contributed by atoms with E-state index < -0.39 is 17.5 Å². The fourth-order valence-corrected chi connectivity index (χ4v) is 1.80. The first-order chi connectivity index (χ1) is 8.04. The highest BCUT2D eigenvalue weighted by Gasteiger charge is 2.30. The van der Waals surface area contributed by atoms with Gasteiger partial charge in [-0.15, -0.1) is 0 Å². The average molecular weight is 234 g/mol. The Balaban J connectivity index is 2.50. The van der Waals surface area contributed by atoms with Crippen molar-refractivity contribution in [1.82, 2.24) is 0 Å². The van der Waals surface area contributed by atoms with Gasteiger partial charge in [-0.25, -0.2) is 4.79 Å². The number of Topliss-reactive ketones (excluding diaryl/α,β-unsaturated/α-hetero) is 1. The van der Waals surface area contributed by atoms with Gasteiger partial charge < -0.3 is 14.9 Å². The van der Waals surface area contributed by atoms with Crippen LogP contribution in [0.25, 0.3) is 0 Å². The van der Waals surface area contributed by atoms with Gasteiger partial charge in [-0.3, -0.25) is 4.79 Å². The number of carboxylic acid groups (broad SMARTS) is 1. The number of ether oxygens (including phenoxy) is 1. The van der Waals surface area contributed by atoms with E-state index in [9.17, 15) is 14.7 Å². The van der Waals surface area contributed by atoms with Crippen LogP contribution in [0.15, 0.2) is 29.5 Å².